The third kappa shape index (κ3) is 2.85. The Kier molecular flexibility index (Phi) is 4.33. The van der Waals surface area contributed by atoms with Crippen LogP contribution in [-0.2, 0) is 0 Å². The molecule has 1 aromatic carbocycles. The fourth-order valence-electron chi connectivity index (χ4n) is 2.65. The lowest BCUT2D eigenvalue weighted by Crippen LogP contribution is -2.41. The first-order valence-electron chi connectivity index (χ1n) is 6.44. The van der Waals surface area contributed by atoms with Crippen LogP contribution in [-0.4, -0.2) is 24.3 Å². The van der Waals surface area contributed by atoms with E-state index >= 15 is 0 Å². The van der Waals surface area contributed by atoms with Gasteiger partial charge in [0.05, 0.1) is 11.6 Å². The van der Waals surface area contributed by atoms with Crippen LogP contribution in [0.15, 0.2) is 12.1 Å². The molecule has 1 saturated heterocycles. The van der Waals surface area contributed by atoms with Crippen LogP contribution in [0.1, 0.15) is 31.2 Å². The highest BCUT2D eigenvalue weighted by molar-refractivity contribution is 5.53. The molecule has 102 valence electrons. The summed E-state index contributed by atoms with van der Waals surface area (Å²) in [7, 11) is 0. The molecule has 0 amide bonds. The fraction of sp³-hybridized carbons (Fsp3) is 0.500. The van der Waals surface area contributed by atoms with Crippen molar-refractivity contribution in [2.75, 3.05) is 18.1 Å². The van der Waals surface area contributed by atoms with Gasteiger partial charge in [-0.05, 0) is 37.8 Å². The molecule has 0 spiro atoms. The van der Waals surface area contributed by atoms with E-state index in [9.17, 15) is 8.78 Å². The van der Waals surface area contributed by atoms with E-state index in [4.69, 9.17) is 10.4 Å². The molecular weight excluding hydrogens is 250 g/mol. The van der Waals surface area contributed by atoms with E-state index in [0.717, 1.165) is 31.4 Å². The van der Waals surface area contributed by atoms with Crippen LogP contribution in [0.4, 0.5) is 14.5 Å². The van der Waals surface area contributed by atoms with Gasteiger partial charge in [0.2, 0.25) is 0 Å². The van der Waals surface area contributed by atoms with Gasteiger partial charge in [0.15, 0.2) is 11.6 Å². The van der Waals surface area contributed by atoms with Gasteiger partial charge in [-0.1, -0.05) is 0 Å². The standard InChI is InChI=1S/C14H16F2N2O/c15-12-7-10(9-17)8-13(16)14(12)18-5-2-1-3-11(18)4-6-19/h7-8,11,19H,1-6H2. The molecule has 1 heterocycles. The number of aliphatic hydroxyl groups excluding tert-OH is 1. The predicted octanol–water partition coefficient (Wildman–Crippen LogP) is 2.58. The Hall–Kier alpha value is -1.67. The van der Waals surface area contributed by atoms with Crippen LogP contribution in [0.3, 0.4) is 0 Å². The molecule has 1 atom stereocenters. The highest BCUT2D eigenvalue weighted by Gasteiger charge is 2.27. The van der Waals surface area contributed by atoms with Crippen LogP contribution in [0.2, 0.25) is 0 Å². The lowest BCUT2D eigenvalue weighted by molar-refractivity contribution is 0.261. The van der Waals surface area contributed by atoms with Crippen molar-refractivity contribution in [3.05, 3.63) is 29.3 Å². The molecule has 1 aromatic rings. The minimum Gasteiger partial charge on any atom is -0.396 e. The number of piperidine rings is 1. The largest absolute Gasteiger partial charge is 0.396 e. The van der Waals surface area contributed by atoms with Crippen molar-refractivity contribution in [1.29, 1.82) is 5.26 Å². The number of aliphatic hydroxyl groups is 1. The quantitative estimate of drug-likeness (QED) is 0.914. The van der Waals surface area contributed by atoms with Gasteiger partial charge < -0.3 is 10.0 Å². The third-order valence-electron chi connectivity index (χ3n) is 3.52. The molecule has 5 heteroatoms. The van der Waals surface area contributed by atoms with Crippen molar-refractivity contribution in [3.8, 4) is 6.07 Å². The molecule has 0 aromatic heterocycles. The topological polar surface area (TPSA) is 47.3 Å². The Labute approximate surface area is 111 Å². The van der Waals surface area contributed by atoms with E-state index < -0.39 is 11.6 Å². The minimum absolute atomic E-state index is 0.000678. The van der Waals surface area contributed by atoms with E-state index in [1.165, 1.54) is 0 Å². The number of halogens is 2. The maximum atomic E-state index is 14.0. The summed E-state index contributed by atoms with van der Waals surface area (Å²) < 4.78 is 28.0. The minimum atomic E-state index is -0.707. The highest BCUT2D eigenvalue weighted by atomic mass is 19.1. The summed E-state index contributed by atoms with van der Waals surface area (Å²) in [6, 6.07) is 3.81. The van der Waals surface area contributed by atoms with Gasteiger partial charge in [-0.15, -0.1) is 0 Å². The summed E-state index contributed by atoms with van der Waals surface area (Å²) in [6.45, 7) is 0.574. The third-order valence-corrected chi connectivity index (χ3v) is 3.52. The average Bonchev–Trinajstić information content (AvgIpc) is 2.40. The van der Waals surface area contributed by atoms with Gasteiger partial charge in [0, 0.05) is 19.2 Å². The first kappa shape index (κ1) is 13.8. The zero-order chi connectivity index (χ0) is 13.8. The number of benzene rings is 1. The van der Waals surface area contributed by atoms with E-state index in [1.54, 1.807) is 11.0 Å². The second-order valence-electron chi connectivity index (χ2n) is 4.76. The Bertz CT molecular complexity index is 474. The van der Waals surface area contributed by atoms with Crippen molar-refractivity contribution >= 4 is 5.69 Å². The molecule has 1 aliphatic heterocycles. The molecule has 1 N–H and O–H groups in total. The Morgan fingerprint density at radius 1 is 1.32 bits per heavy atom. The Morgan fingerprint density at radius 3 is 2.58 bits per heavy atom. The van der Waals surface area contributed by atoms with Crippen molar-refractivity contribution < 1.29 is 13.9 Å². The van der Waals surface area contributed by atoms with Crippen molar-refractivity contribution in [1.82, 2.24) is 0 Å². The van der Waals surface area contributed by atoms with Crippen LogP contribution < -0.4 is 4.90 Å². The maximum Gasteiger partial charge on any atom is 0.150 e. The number of hydrogen-bond donors (Lipinski definition) is 1. The summed E-state index contributed by atoms with van der Waals surface area (Å²) in [5.74, 6) is -1.41. The van der Waals surface area contributed by atoms with Gasteiger partial charge >= 0.3 is 0 Å². The van der Waals surface area contributed by atoms with Gasteiger partial charge in [0.25, 0.3) is 0 Å². The smallest absolute Gasteiger partial charge is 0.150 e. The van der Waals surface area contributed by atoms with Crippen LogP contribution in [0.25, 0.3) is 0 Å². The Morgan fingerprint density at radius 2 is 2.00 bits per heavy atom. The fourth-order valence-corrected chi connectivity index (χ4v) is 2.65. The molecule has 1 aliphatic rings. The first-order valence-corrected chi connectivity index (χ1v) is 6.44. The summed E-state index contributed by atoms with van der Waals surface area (Å²) >= 11 is 0. The number of nitriles is 1. The zero-order valence-corrected chi connectivity index (χ0v) is 10.6. The summed E-state index contributed by atoms with van der Waals surface area (Å²) in [4.78, 5) is 1.69. The van der Waals surface area contributed by atoms with Crippen molar-refractivity contribution in [3.63, 3.8) is 0 Å². The number of hydrogen-bond acceptors (Lipinski definition) is 3. The molecule has 1 fully saturated rings. The van der Waals surface area contributed by atoms with Crippen molar-refractivity contribution in [2.45, 2.75) is 31.7 Å². The molecular formula is C14H16F2N2O. The van der Waals surface area contributed by atoms with E-state index in [1.807, 2.05) is 0 Å². The monoisotopic (exact) mass is 266 g/mol. The summed E-state index contributed by atoms with van der Waals surface area (Å²) in [5, 5.41) is 17.7. The second kappa shape index (κ2) is 5.98. The van der Waals surface area contributed by atoms with Crippen LogP contribution >= 0.6 is 0 Å². The molecule has 0 radical (unpaired) electrons. The molecule has 3 nitrogen and oxygen atoms in total. The van der Waals surface area contributed by atoms with Gasteiger partial charge in [-0.25, -0.2) is 8.78 Å². The summed E-state index contributed by atoms with van der Waals surface area (Å²) in [5.41, 5.74) is -0.0911. The molecule has 19 heavy (non-hydrogen) atoms. The van der Waals surface area contributed by atoms with Crippen LogP contribution in [0.5, 0.6) is 0 Å². The van der Waals surface area contributed by atoms with Gasteiger partial charge in [0.1, 0.15) is 5.69 Å². The van der Waals surface area contributed by atoms with E-state index in [0.29, 0.717) is 13.0 Å². The molecule has 0 bridgehead atoms. The normalized spacial score (nSPS) is 19.3. The maximum absolute atomic E-state index is 14.0. The van der Waals surface area contributed by atoms with E-state index in [2.05, 4.69) is 0 Å². The summed E-state index contributed by atoms with van der Waals surface area (Å²) in [6.07, 6.45) is 3.19. The number of rotatable bonds is 3. The molecule has 0 saturated carbocycles. The van der Waals surface area contributed by atoms with Crippen LogP contribution in [0, 0.1) is 23.0 Å². The SMILES string of the molecule is N#Cc1cc(F)c(N2CCCCC2CCO)c(F)c1. The van der Waals surface area contributed by atoms with Crippen molar-refractivity contribution in [2.24, 2.45) is 0 Å². The number of anilines is 1. The Balaban J connectivity index is 2.36. The van der Waals surface area contributed by atoms with E-state index in [-0.39, 0.29) is 23.9 Å². The zero-order valence-electron chi connectivity index (χ0n) is 10.6. The van der Waals surface area contributed by atoms with Gasteiger partial charge in [-0.2, -0.15) is 5.26 Å². The lowest BCUT2D eigenvalue weighted by Gasteiger charge is -2.37. The lowest BCUT2D eigenvalue weighted by atomic mass is 9.98. The first-order chi connectivity index (χ1) is 9.17. The molecule has 2 rings (SSSR count). The van der Waals surface area contributed by atoms with Gasteiger partial charge in [-0.3, -0.25) is 0 Å². The average molecular weight is 266 g/mol. The second-order valence-corrected chi connectivity index (χ2v) is 4.76. The molecule has 0 aliphatic carbocycles. The predicted molar refractivity (Wildman–Crippen MR) is 67.8 cm³/mol. The number of nitrogens with zero attached hydrogens (tertiary/aromatic N) is 2. The molecule has 1 unspecified atom stereocenters. The highest BCUT2D eigenvalue weighted by Crippen LogP contribution is 2.31.